The average Bonchev–Trinajstić information content (AvgIpc) is 3.05. The molecular weight excluding hydrogens is 318 g/mol. The van der Waals surface area contributed by atoms with Gasteiger partial charge in [-0.05, 0) is 24.2 Å². The number of hydrogen-bond donors (Lipinski definition) is 1. The van der Waals surface area contributed by atoms with Gasteiger partial charge in [0.2, 0.25) is 0 Å². The maximum Gasteiger partial charge on any atom is 0.127 e. The van der Waals surface area contributed by atoms with Crippen LogP contribution in [-0.2, 0) is 19.5 Å². The van der Waals surface area contributed by atoms with E-state index in [1.165, 1.54) is 11.1 Å². The Morgan fingerprint density at radius 1 is 1.45 bits per heavy atom. The lowest BCUT2D eigenvalue weighted by Crippen LogP contribution is -2.11. The normalized spacial score (nSPS) is 13.3. The highest BCUT2D eigenvalue weighted by Crippen LogP contribution is 2.33. The predicted molar refractivity (Wildman–Crippen MR) is 82.1 cm³/mol. The molecule has 2 heterocycles. The Kier molecular flexibility index (Phi) is 4.08. The van der Waals surface area contributed by atoms with Crippen LogP contribution in [-0.4, -0.2) is 22.7 Å². The number of nitrogens with one attached hydrogen (secondary N) is 1. The molecule has 1 aliphatic heterocycles. The lowest BCUT2D eigenvalue weighted by Gasteiger charge is -2.09. The van der Waals surface area contributed by atoms with Crippen molar-refractivity contribution in [1.82, 2.24) is 14.9 Å². The number of aromatic nitrogens is 2. The van der Waals surface area contributed by atoms with Gasteiger partial charge in [0, 0.05) is 29.2 Å². The molecule has 0 spiro atoms. The molecule has 0 radical (unpaired) electrons. The quantitative estimate of drug-likeness (QED) is 0.913. The second-order valence-electron chi connectivity index (χ2n) is 4.97. The highest BCUT2D eigenvalue weighted by molar-refractivity contribution is 9.10. The molecule has 0 unspecified atom stereocenters. The lowest BCUT2D eigenvalue weighted by molar-refractivity contribution is 0.352. The highest BCUT2D eigenvalue weighted by atomic mass is 79.9. The SMILES string of the molecule is CCNCc1cn(Cc2cc(Br)cc3c2OCC3)cn1. The van der Waals surface area contributed by atoms with Crippen LogP contribution in [0.2, 0.25) is 0 Å². The summed E-state index contributed by atoms with van der Waals surface area (Å²) in [5.41, 5.74) is 3.57. The number of fused-ring (bicyclic) bond motifs is 1. The molecule has 1 aromatic heterocycles. The topological polar surface area (TPSA) is 39.1 Å². The van der Waals surface area contributed by atoms with Crippen LogP contribution in [0.4, 0.5) is 0 Å². The molecule has 0 aliphatic carbocycles. The van der Waals surface area contributed by atoms with Crippen molar-refractivity contribution in [3.8, 4) is 5.75 Å². The van der Waals surface area contributed by atoms with E-state index < -0.39 is 0 Å². The third kappa shape index (κ3) is 2.88. The summed E-state index contributed by atoms with van der Waals surface area (Å²) in [4.78, 5) is 4.41. The number of benzene rings is 1. The largest absolute Gasteiger partial charge is 0.493 e. The van der Waals surface area contributed by atoms with Gasteiger partial charge in [0.25, 0.3) is 0 Å². The van der Waals surface area contributed by atoms with E-state index in [1.54, 1.807) is 0 Å². The first kappa shape index (κ1) is 13.6. The molecule has 5 heteroatoms. The summed E-state index contributed by atoms with van der Waals surface area (Å²) < 4.78 is 8.98. The molecule has 3 rings (SSSR count). The Balaban J connectivity index is 1.79. The van der Waals surface area contributed by atoms with Crippen molar-refractivity contribution in [1.29, 1.82) is 0 Å². The number of rotatable bonds is 5. The minimum Gasteiger partial charge on any atom is -0.493 e. The first-order chi connectivity index (χ1) is 9.76. The van der Waals surface area contributed by atoms with Gasteiger partial charge in [-0.1, -0.05) is 22.9 Å². The van der Waals surface area contributed by atoms with Crippen molar-refractivity contribution < 1.29 is 4.74 Å². The van der Waals surface area contributed by atoms with E-state index in [4.69, 9.17) is 4.74 Å². The van der Waals surface area contributed by atoms with Crippen LogP contribution in [0, 0.1) is 0 Å². The van der Waals surface area contributed by atoms with E-state index in [9.17, 15) is 0 Å². The Morgan fingerprint density at radius 3 is 3.20 bits per heavy atom. The van der Waals surface area contributed by atoms with Crippen LogP contribution in [0.25, 0.3) is 0 Å². The minimum absolute atomic E-state index is 0.786. The summed E-state index contributed by atoms with van der Waals surface area (Å²) in [6, 6.07) is 4.28. The predicted octanol–water partition coefficient (Wildman–Crippen LogP) is 2.74. The van der Waals surface area contributed by atoms with Crippen molar-refractivity contribution in [2.75, 3.05) is 13.2 Å². The maximum atomic E-state index is 5.76. The third-order valence-electron chi connectivity index (χ3n) is 3.42. The zero-order valence-corrected chi connectivity index (χ0v) is 13.1. The van der Waals surface area contributed by atoms with Crippen LogP contribution < -0.4 is 10.1 Å². The molecule has 20 heavy (non-hydrogen) atoms. The fraction of sp³-hybridized carbons (Fsp3) is 0.400. The summed E-state index contributed by atoms with van der Waals surface area (Å²) in [7, 11) is 0. The molecule has 0 bridgehead atoms. The van der Waals surface area contributed by atoms with Gasteiger partial charge < -0.3 is 14.6 Å². The first-order valence-electron chi connectivity index (χ1n) is 6.91. The average molecular weight is 336 g/mol. The van der Waals surface area contributed by atoms with Gasteiger partial charge in [0.05, 0.1) is 25.2 Å². The van der Waals surface area contributed by atoms with Crippen LogP contribution in [0.3, 0.4) is 0 Å². The minimum atomic E-state index is 0.786. The Morgan fingerprint density at radius 2 is 2.35 bits per heavy atom. The van der Waals surface area contributed by atoms with Gasteiger partial charge in [-0.25, -0.2) is 4.98 Å². The second-order valence-corrected chi connectivity index (χ2v) is 5.88. The summed E-state index contributed by atoms with van der Waals surface area (Å²) in [6.07, 6.45) is 4.97. The molecule has 106 valence electrons. The molecule has 1 aromatic carbocycles. The highest BCUT2D eigenvalue weighted by Gasteiger charge is 2.17. The Labute approximate surface area is 127 Å². The van der Waals surface area contributed by atoms with Gasteiger partial charge in [-0.3, -0.25) is 0 Å². The van der Waals surface area contributed by atoms with Crippen LogP contribution in [0.1, 0.15) is 23.7 Å². The Hall–Kier alpha value is -1.33. The Bertz CT molecular complexity index is 609. The van der Waals surface area contributed by atoms with E-state index in [0.717, 1.165) is 48.6 Å². The van der Waals surface area contributed by atoms with Gasteiger partial charge in [-0.2, -0.15) is 0 Å². The zero-order valence-electron chi connectivity index (χ0n) is 11.5. The molecule has 0 saturated heterocycles. The number of nitrogens with zero attached hydrogens (tertiary/aromatic N) is 2. The van der Waals surface area contributed by atoms with Crippen molar-refractivity contribution in [3.05, 3.63) is 46.0 Å². The van der Waals surface area contributed by atoms with Gasteiger partial charge in [0.1, 0.15) is 5.75 Å². The van der Waals surface area contributed by atoms with Crippen LogP contribution in [0.15, 0.2) is 29.1 Å². The maximum absolute atomic E-state index is 5.76. The smallest absolute Gasteiger partial charge is 0.127 e. The fourth-order valence-corrected chi connectivity index (χ4v) is 3.05. The van der Waals surface area contributed by atoms with Gasteiger partial charge >= 0.3 is 0 Å². The van der Waals surface area contributed by atoms with Crippen molar-refractivity contribution in [3.63, 3.8) is 0 Å². The fourth-order valence-electron chi connectivity index (χ4n) is 2.50. The van der Waals surface area contributed by atoms with Crippen LogP contribution in [0.5, 0.6) is 5.75 Å². The van der Waals surface area contributed by atoms with Crippen molar-refractivity contribution in [2.24, 2.45) is 0 Å². The molecular formula is C15H18BrN3O. The molecule has 1 N–H and O–H groups in total. The summed E-state index contributed by atoms with van der Waals surface area (Å²) >= 11 is 3.58. The van der Waals surface area contributed by atoms with E-state index in [-0.39, 0.29) is 0 Å². The second kappa shape index (κ2) is 5.97. The summed E-state index contributed by atoms with van der Waals surface area (Å²) in [6.45, 7) is 5.45. The zero-order chi connectivity index (χ0) is 13.9. The number of halogens is 1. The van der Waals surface area contributed by atoms with Crippen LogP contribution >= 0.6 is 15.9 Å². The van der Waals surface area contributed by atoms with Gasteiger partial charge in [0.15, 0.2) is 0 Å². The molecule has 4 nitrogen and oxygen atoms in total. The monoisotopic (exact) mass is 335 g/mol. The molecule has 0 atom stereocenters. The number of ether oxygens (including phenoxy) is 1. The van der Waals surface area contributed by atoms with E-state index in [2.05, 4.69) is 56.1 Å². The standard InChI is InChI=1S/C15H18BrN3O/c1-2-17-7-14-9-19(10-18-14)8-12-6-13(16)5-11-3-4-20-15(11)12/h5-6,9-10,17H,2-4,7-8H2,1H3. The van der Waals surface area contributed by atoms with E-state index in [1.807, 2.05) is 6.33 Å². The van der Waals surface area contributed by atoms with Crippen molar-refractivity contribution in [2.45, 2.75) is 26.4 Å². The molecule has 0 saturated carbocycles. The third-order valence-corrected chi connectivity index (χ3v) is 3.88. The summed E-state index contributed by atoms with van der Waals surface area (Å²) in [5, 5.41) is 3.28. The van der Waals surface area contributed by atoms with Gasteiger partial charge in [-0.15, -0.1) is 0 Å². The molecule has 0 amide bonds. The number of imidazole rings is 1. The van der Waals surface area contributed by atoms with E-state index >= 15 is 0 Å². The molecule has 1 aliphatic rings. The van der Waals surface area contributed by atoms with E-state index in [0.29, 0.717) is 0 Å². The first-order valence-corrected chi connectivity index (χ1v) is 7.71. The lowest BCUT2D eigenvalue weighted by atomic mass is 10.1. The van der Waals surface area contributed by atoms with Crippen molar-refractivity contribution >= 4 is 15.9 Å². The summed E-state index contributed by atoms with van der Waals surface area (Å²) in [5.74, 6) is 1.05. The molecule has 2 aromatic rings. The number of hydrogen-bond acceptors (Lipinski definition) is 3. The molecule has 0 fully saturated rings.